The van der Waals surface area contributed by atoms with Crippen molar-refractivity contribution in [1.82, 2.24) is 0 Å². The summed E-state index contributed by atoms with van der Waals surface area (Å²) in [7, 11) is 0. The van der Waals surface area contributed by atoms with Crippen LogP contribution in [0.2, 0.25) is 0 Å². The smallest absolute Gasteiger partial charge is 0.343 e. The van der Waals surface area contributed by atoms with Gasteiger partial charge in [-0.1, -0.05) is 12.2 Å². The molecule has 0 saturated carbocycles. The number of carbonyl (C=O) groups excluding carboxylic acids is 2. The topological polar surface area (TPSA) is 72.8 Å². The van der Waals surface area contributed by atoms with Crippen molar-refractivity contribution in [2.45, 2.75) is 19.3 Å². The Balaban J connectivity index is 1.54. The Morgan fingerprint density at radius 1 is 0.923 bits per heavy atom. The standard InChI is InChI=1S/C21H20O5/c22-18-10-6-17(7-11-18)21(24)26-19-12-8-16(9-13-19)20(23)25-14-15-4-2-1-3-5-15/h1-2,6-13,15,22H,3-5,14H2. The highest BCUT2D eigenvalue weighted by atomic mass is 16.5. The molecule has 0 heterocycles. The Hall–Kier alpha value is -3.08. The van der Waals surface area contributed by atoms with Gasteiger partial charge in [-0.15, -0.1) is 0 Å². The van der Waals surface area contributed by atoms with Gasteiger partial charge in [0, 0.05) is 0 Å². The van der Waals surface area contributed by atoms with Crippen molar-refractivity contribution in [1.29, 1.82) is 0 Å². The second-order valence-corrected chi connectivity index (χ2v) is 6.21. The summed E-state index contributed by atoms with van der Waals surface area (Å²) in [6.45, 7) is 0.417. The molecule has 0 radical (unpaired) electrons. The van der Waals surface area contributed by atoms with Crippen molar-refractivity contribution in [2.24, 2.45) is 5.92 Å². The Morgan fingerprint density at radius 2 is 1.58 bits per heavy atom. The van der Waals surface area contributed by atoms with Crippen molar-refractivity contribution >= 4 is 11.9 Å². The number of phenolic OH excluding ortho intramolecular Hbond substituents is 1. The molecule has 0 bridgehead atoms. The lowest BCUT2D eigenvalue weighted by Crippen LogP contribution is -2.15. The number of ether oxygens (including phenoxy) is 2. The average molecular weight is 352 g/mol. The van der Waals surface area contributed by atoms with Crippen LogP contribution < -0.4 is 4.74 Å². The zero-order chi connectivity index (χ0) is 18.4. The predicted molar refractivity (Wildman–Crippen MR) is 96.3 cm³/mol. The highest BCUT2D eigenvalue weighted by molar-refractivity contribution is 5.92. The molecule has 5 heteroatoms. The van der Waals surface area contributed by atoms with Crippen molar-refractivity contribution in [3.05, 3.63) is 71.8 Å². The summed E-state index contributed by atoms with van der Waals surface area (Å²) < 4.78 is 10.6. The molecule has 26 heavy (non-hydrogen) atoms. The molecular formula is C21H20O5. The zero-order valence-electron chi connectivity index (χ0n) is 14.3. The van der Waals surface area contributed by atoms with Gasteiger partial charge >= 0.3 is 11.9 Å². The molecule has 0 saturated heterocycles. The number of phenols is 1. The highest BCUT2D eigenvalue weighted by Crippen LogP contribution is 2.20. The Bertz CT molecular complexity index is 790. The SMILES string of the molecule is O=C(OCC1CC=CCC1)c1ccc(OC(=O)c2ccc(O)cc2)cc1. The fourth-order valence-electron chi connectivity index (χ4n) is 2.71. The third-order valence-electron chi connectivity index (χ3n) is 4.23. The Labute approximate surface area is 151 Å². The number of allylic oxidation sites excluding steroid dienone is 2. The van der Waals surface area contributed by atoms with Gasteiger partial charge in [0.05, 0.1) is 17.7 Å². The van der Waals surface area contributed by atoms with Gasteiger partial charge in [-0.3, -0.25) is 0 Å². The van der Waals surface area contributed by atoms with Crippen LogP contribution in [-0.4, -0.2) is 23.7 Å². The van der Waals surface area contributed by atoms with E-state index in [2.05, 4.69) is 12.2 Å². The van der Waals surface area contributed by atoms with Gasteiger partial charge in [0.2, 0.25) is 0 Å². The van der Waals surface area contributed by atoms with E-state index in [0.29, 0.717) is 29.4 Å². The minimum atomic E-state index is -0.536. The van der Waals surface area contributed by atoms with Crippen LogP contribution in [0.15, 0.2) is 60.7 Å². The van der Waals surface area contributed by atoms with Crippen LogP contribution in [-0.2, 0) is 4.74 Å². The average Bonchev–Trinajstić information content (AvgIpc) is 2.68. The third-order valence-corrected chi connectivity index (χ3v) is 4.23. The van der Waals surface area contributed by atoms with E-state index in [9.17, 15) is 14.7 Å². The lowest BCUT2D eigenvalue weighted by molar-refractivity contribution is 0.0432. The molecule has 0 amide bonds. The fourth-order valence-corrected chi connectivity index (χ4v) is 2.71. The lowest BCUT2D eigenvalue weighted by Gasteiger charge is -2.17. The van der Waals surface area contributed by atoms with Crippen LogP contribution in [0.4, 0.5) is 0 Å². The van der Waals surface area contributed by atoms with Gasteiger partial charge < -0.3 is 14.6 Å². The summed E-state index contributed by atoms with van der Waals surface area (Å²) in [5.41, 5.74) is 0.744. The summed E-state index contributed by atoms with van der Waals surface area (Å²) in [5.74, 6) is -0.123. The second-order valence-electron chi connectivity index (χ2n) is 6.21. The molecule has 1 unspecified atom stereocenters. The molecule has 2 aromatic rings. The molecular weight excluding hydrogens is 332 g/mol. The van der Waals surface area contributed by atoms with E-state index in [1.807, 2.05) is 0 Å². The predicted octanol–water partition coefficient (Wildman–Crippen LogP) is 4.12. The van der Waals surface area contributed by atoms with Crippen LogP contribution in [0.1, 0.15) is 40.0 Å². The van der Waals surface area contributed by atoms with Gasteiger partial charge in [0.25, 0.3) is 0 Å². The molecule has 0 fully saturated rings. The summed E-state index contributed by atoms with van der Waals surface area (Å²) in [6.07, 6.45) is 7.29. The first-order chi connectivity index (χ1) is 12.6. The van der Waals surface area contributed by atoms with E-state index in [0.717, 1.165) is 19.3 Å². The van der Waals surface area contributed by atoms with E-state index in [1.165, 1.54) is 24.3 Å². The molecule has 0 aromatic heterocycles. The number of carbonyl (C=O) groups is 2. The lowest BCUT2D eigenvalue weighted by atomic mass is 9.95. The molecule has 0 spiro atoms. The number of hydrogen-bond donors (Lipinski definition) is 1. The highest BCUT2D eigenvalue weighted by Gasteiger charge is 2.14. The quantitative estimate of drug-likeness (QED) is 0.498. The molecule has 1 aliphatic carbocycles. The molecule has 1 N–H and O–H groups in total. The molecule has 0 aliphatic heterocycles. The molecule has 134 valence electrons. The van der Waals surface area contributed by atoms with Crippen molar-refractivity contribution < 1.29 is 24.2 Å². The first-order valence-corrected chi connectivity index (χ1v) is 8.55. The number of aromatic hydroxyl groups is 1. The Morgan fingerprint density at radius 3 is 2.23 bits per heavy atom. The summed E-state index contributed by atoms with van der Waals surface area (Å²) in [5, 5.41) is 9.24. The van der Waals surface area contributed by atoms with Crippen LogP contribution in [0.25, 0.3) is 0 Å². The molecule has 2 aromatic carbocycles. The maximum Gasteiger partial charge on any atom is 0.343 e. The molecule has 1 aliphatic rings. The first kappa shape index (κ1) is 17.7. The molecule has 3 rings (SSSR count). The van der Waals surface area contributed by atoms with Crippen LogP contribution in [0.5, 0.6) is 11.5 Å². The van der Waals surface area contributed by atoms with Gasteiger partial charge in [-0.2, -0.15) is 0 Å². The van der Waals surface area contributed by atoms with Crippen molar-refractivity contribution in [2.75, 3.05) is 6.61 Å². The summed E-state index contributed by atoms with van der Waals surface area (Å²) in [4.78, 5) is 24.1. The normalized spacial score (nSPS) is 16.1. The number of hydrogen-bond acceptors (Lipinski definition) is 5. The van der Waals surface area contributed by atoms with Gasteiger partial charge in [-0.05, 0) is 73.7 Å². The first-order valence-electron chi connectivity index (χ1n) is 8.55. The second kappa shape index (κ2) is 8.34. The monoisotopic (exact) mass is 352 g/mol. The van der Waals surface area contributed by atoms with Crippen LogP contribution >= 0.6 is 0 Å². The van der Waals surface area contributed by atoms with Crippen molar-refractivity contribution in [3.63, 3.8) is 0 Å². The summed E-state index contributed by atoms with van der Waals surface area (Å²) in [6, 6.07) is 12.0. The third kappa shape index (κ3) is 4.72. The minimum absolute atomic E-state index is 0.0775. The maximum atomic E-state index is 12.1. The van der Waals surface area contributed by atoms with Crippen molar-refractivity contribution in [3.8, 4) is 11.5 Å². The van der Waals surface area contributed by atoms with Crippen LogP contribution in [0, 0.1) is 5.92 Å². The molecule has 1 atom stereocenters. The number of rotatable bonds is 5. The fraction of sp³-hybridized carbons (Fsp3) is 0.238. The minimum Gasteiger partial charge on any atom is -0.508 e. The van der Waals surface area contributed by atoms with E-state index >= 15 is 0 Å². The number of benzene rings is 2. The van der Waals surface area contributed by atoms with E-state index in [4.69, 9.17) is 9.47 Å². The maximum absolute atomic E-state index is 12.1. The van der Waals surface area contributed by atoms with Crippen LogP contribution in [0.3, 0.4) is 0 Å². The van der Waals surface area contributed by atoms with Gasteiger partial charge in [0.1, 0.15) is 11.5 Å². The van der Waals surface area contributed by atoms with Gasteiger partial charge in [-0.25, -0.2) is 9.59 Å². The number of esters is 2. The largest absolute Gasteiger partial charge is 0.508 e. The van der Waals surface area contributed by atoms with Gasteiger partial charge in [0.15, 0.2) is 0 Å². The molecule has 5 nitrogen and oxygen atoms in total. The van der Waals surface area contributed by atoms with E-state index < -0.39 is 5.97 Å². The zero-order valence-corrected chi connectivity index (χ0v) is 14.3. The Kier molecular flexibility index (Phi) is 5.69. The van der Waals surface area contributed by atoms with E-state index in [-0.39, 0.29) is 11.7 Å². The van der Waals surface area contributed by atoms with E-state index in [1.54, 1.807) is 24.3 Å². The summed E-state index contributed by atoms with van der Waals surface area (Å²) >= 11 is 0.